The molecule has 4 rings (SSSR count). The van der Waals surface area contributed by atoms with Gasteiger partial charge in [-0.1, -0.05) is 54.2 Å². The van der Waals surface area contributed by atoms with Crippen molar-refractivity contribution in [1.29, 1.82) is 0 Å². The van der Waals surface area contributed by atoms with Gasteiger partial charge in [0.05, 0.1) is 18.6 Å². The molecule has 0 atom stereocenters. The number of hydrogen-bond acceptors (Lipinski definition) is 6. The molecule has 0 spiro atoms. The SMILES string of the molecule is COc1ccccc1NC(=O)CSc1nnc(-c2ccncc2)n1CCc1ccccc1. The number of methoxy groups -OCH3 is 1. The minimum atomic E-state index is -0.137. The van der Waals surface area contributed by atoms with Crippen LogP contribution in [0.1, 0.15) is 5.56 Å². The van der Waals surface area contributed by atoms with Crippen LogP contribution in [0.2, 0.25) is 0 Å². The number of rotatable bonds is 9. The molecular weight excluding hydrogens is 422 g/mol. The lowest BCUT2D eigenvalue weighted by Gasteiger charge is -2.11. The van der Waals surface area contributed by atoms with Gasteiger partial charge in [-0.15, -0.1) is 10.2 Å². The lowest BCUT2D eigenvalue weighted by atomic mass is 10.1. The number of aryl methyl sites for hydroxylation is 1. The Labute approximate surface area is 190 Å². The summed E-state index contributed by atoms with van der Waals surface area (Å²) in [5.74, 6) is 1.45. The normalized spacial score (nSPS) is 10.7. The number of hydrogen-bond donors (Lipinski definition) is 1. The molecule has 2 heterocycles. The van der Waals surface area contributed by atoms with E-state index in [1.165, 1.54) is 17.3 Å². The molecule has 0 aliphatic carbocycles. The monoisotopic (exact) mass is 445 g/mol. The zero-order chi connectivity index (χ0) is 22.2. The largest absolute Gasteiger partial charge is 0.495 e. The number of nitrogens with one attached hydrogen (secondary N) is 1. The van der Waals surface area contributed by atoms with Gasteiger partial charge in [-0.25, -0.2) is 0 Å². The number of nitrogens with zero attached hydrogens (tertiary/aromatic N) is 4. The van der Waals surface area contributed by atoms with E-state index >= 15 is 0 Å². The molecule has 0 fully saturated rings. The van der Waals surface area contributed by atoms with Gasteiger partial charge in [0.15, 0.2) is 11.0 Å². The van der Waals surface area contributed by atoms with Gasteiger partial charge in [0.25, 0.3) is 0 Å². The van der Waals surface area contributed by atoms with Gasteiger partial charge in [-0.3, -0.25) is 9.78 Å². The van der Waals surface area contributed by atoms with Crippen molar-refractivity contribution >= 4 is 23.4 Å². The number of pyridine rings is 1. The smallest absolute Gasteiger partial charge is 0.234 e. The van der Waals surface area contributed by atoms with E-state index in [0.717, 1.165) is 17.8 Å². The van der Waals surface area contributed by atoms with E-state index in [1.807, 2.05) is 54.6 Å². The van der Waals surface area contributed by atoms with E-state index < -0.39 is 0 Å². The Morgan fingerprint density at radius 1 is 1.00 bits per heavy atom. The summed E-state index contributed by atoms with van der Waals surface area (Å²) in [6.45, 7) is 0.700. The molecule has 2 aromatic carbocycles. The number of anilines is 1. The third-order valence-corrected chi connectivity index (χ3v) is 5.80. The molecule has 0 bridgehead atoms. The van der Waals surface area contributed by atoms with Crippen LogP contribution in [-0.2, 0) is 17.8 Å². The summed E-state index contributed by atoms with van der Waals surface area (Å²) in [6.07, 6.45) is 4.30. The van der Waals surface area contributed by atoms with Gasteiger partial charge in [-0.2, -0.15) is 0 Å². The van der Waals surface area contributed by atoms with Gasteiger partial charge < -0.3 is 14.6 Å². The number of ether oxygens (including phenoxy) is 1. The van der Waals surface area contributed by atoms with Crippen molar-refractivity contribution in [2.45, 2.75) is 18.1 Å². The van der Waals surface area contributed by atoms with Crippen molar-refractivity contribution in [3.8, 4) is 17.1 Å². The summed E-state index contributed by atoms with van der Waals surface area (Å²) in [5, 5.41) is 12.4. The van der Waals surface area contributed by atoms with Crippen LogP contribution in [-0.4, -0.2) is 38.5 Å². The fraction of sp³-hybridized carbons (Fsp3) is 0.167. The highest BCUT2D eigenvalue weighted by Crippen LogP contribution is 2.26. The summed E-state index contributed by atoms with van der Waals surface area (Å²) >= 11 is 1.36. The Bertz CT molecular complexity index is 1170. The van der Waals surface area contributed by atoms with Crippen LogP contribution in [0.25, 0.3) is 11.4 Å². The second-order valence-corrected chi connectivity index (χ2v) is 7.91. The van der Waals surface area contributed by atoms with E-state index in [0.29, 0.717) is 23.1 Å². The fourth-order valence-corrected chi connectivity index (χ4v) is 4.03. The predicted molar refractivity (Wildman–Crippen MR) is 126 cm³/mol. The Morgan fingerprint density at radius 2 is 1.75 bits per heavy atom. The Morgan fingerprint density at radius 3 is 2.53 bits per heavy atom. The van der Waals surface area contributed by atoms with E-state index in [-0.39, 0.29) is 11.7 Å². The molecule has 8 heteroatoms. The molecule has 1 N–H and O–H groups in total. The zero-order valence-electron chi connectivity index (χ0n) is 17.6. The van der Waals surface area contributed by atoms with Crippen LogP contribution in [0.3, 0.4) is 0 Å². The van der Waals surface area contributed by atoms with Gasteiger partial charge in [-0.05, 0) is 36.2 Å². The Balaban J connectivity index is 1.50. The molecule has 0 aliphatic rings. The van der Waals surface area contributed by atoms with Crippen molar-refractivity contribution in [2.75, 3.05) is 18.2 Å². The molecule has 1 amide bonds. The number of benzene rings is 2. The zero-order valence-corrected chi connectivity index (χ0v) is 18.5. The minimum absolute atomic E-state index is 0.137. The number of carbonyl (C=O) groups excluding carboxylic acids is 1. The standard InChI is InChI=1S/C24H23N5O2S/c1-31-21-10-6-5-9-20(21)26-22(30)17-32-24-28-27-23(19-11-14-25-15-12-19)29(24)16-13-18-7-3-2-4-8-18/h2-12,14-15H,13,16-17H2,1H3,(H,26,30). The van der Waals surface area contributed by atoms with E-state index in [4.69, 9.17) is 4.74 Å². The molecule has 0 saturated carbocycles. The molecule has 162 valence electrons. The van der Waals surface area contributed by atoms with Crippen LogP contribution in [0.4, 0.5) is 5.69 Å². The van der Waals surface area contributed by atoms with Crippen LogP contribution < -0.4 is 10.1 Å². The molecule has 0 saturated heterocycles. The number of aromatic nitrogens is 4. The van der Waals surface area contributed by atoms with Gasteiger partial charge >= 0.3 is 0 Å². The molecule has 32 heavy (non-hydrogen) atoms. The predicted octanol–water partition coefficient (Wildman–Crippen LogP) is 4.32. The average molecular weight is 446 g/mol. The molecule has 2 aromatic heterocycles. The number of amides is 1. The third-order valence-electron chi connectivity index (χ3n) is 4.84. The lowest BCUT2D eigenvalue weighted by Crippen LogP contribution is -2.15. The molecule has 0 aliphatic heterocycles. The van der Waals surface area contributed by atoms with E-state index in [9.17, 15) is 4.79 Å². The first-order chi connectivity index (χ1) is 15.7. The summed E-state index contributed by atoms with van der Waals surface area (Å²) in [6, 6.07) is 21.4. The summed E-state index contributed by atoms with van der Waals surface area (Å²) < 4.78 is 7.36. The Kier molecular flexibility index (Phi) is 7.14. The van der Waals surface area contributed by atoms with Crippen molar-refractivity contribution < 1.29 is 9.53 Å². The number of para-hydroxylation sites is 2. The highest BCUT2D eigenvalue weighted by atomic mass is 32.2. The summed E-state index contributed by atoms with van der Waals surface area (Å²) in [7, 11) is 1.58. The first kappa shape index (κ1) is 21.6. The maximum atomic E-state index is 12.6. The second kappa shape index (κ2) is 10.6. The third kappa shape index (κ3) is 5.33. The molecule has 0 radical (unpaired) electrons. The summed E-state index contributed by atoms with van der Waals surface area (Å²) in [4.78, 5) is 16.7. The number of carbonyl (C=O) groups is 1. The molecule has 7 nitrogen and oxygen atoms in total. The topological polar surface area (TPSA) is 81.9 Å². The first-order valence-corrected chi connectivity index (χ1v) is 11.2. The Hall–Kier alpha value is -3.65. The first-order valence-electron chi connectivity index (χ1n) is 10.2. The van der Waals surface area contributed by atoms with Crippen LogP contribution >= 0.6 is 11.8 Å². The van der Waals surface area contributed by atoms with E-state index in [1.54, 1.807) is 19.5 Å². The minimum Gasteiger partial charge on any atom is -0.495 e. The van der Waals surface area contributed by atoms with Crippen LogP contribution in [0.15, 0.2) is 84.3 Å². The highest BCUT2D eigenvalue weighted by Gasteiger charge is 2.16. The fourth-order valence-electron chi connectivity index (χ4n) is 3.26. The quantitative estimate of drug-likeness (QED) is 0.386. The second-order valence-electron chi connectivity index (χ2n) is 6.97. The molecule has 0 unspecified atom stereocenters. The average Bonchev–Trinajstić information content (AvgIpc) is 3.25. The van der Waals surface area contributed by atoms with Crippen molar-refractivity contribution in [2.24, 2.45) is 0 Å². The van der Waals surface area contributed by atoms with Crippen LogP contribution in [0.5, 0.6) is 5.75 Å². The summed E-state index contributed by atoms with van der Waals surface area (Å²) in [5.41, 5.74) is 2.81. The van der Waals surface area contributed by atoms with Crippen molar-refractivity contribution in [1.82, 2.24) is 19.7 Å². The maximum Gasteiger partial charge on any atom is 0.234 e. The molecule has 4 aromatic rings. The van der Waals surface area contributed by atoms with Crippen molar-refractivity contribution in [3.05, 3.63) is 84.7 Å². The van der Waals surface area contributed by atoms with Gasteiger partial charge in [0, 0.05) is 24.5 Å². The lowest BCUT2D eigenvalue weighted by molar-refractivity contribution is -0.113. The van der Waals surface area contributed by atoms with Gasteiger partial charge in [0.2, 0.25) is 5.91 Å². The van der Waals surface area contributed by atoms with Gasteiger partial charge in [0.1, 0.15) is 5.75 Å². The van der Waals surface area contributed by atoms with E-state index in [2.05, 4.69) is 37.2 Å². The van der Waals surface area contributed by atoms with Crippen LogP contribution in [0, 0.1) is 0 Å². The maximum absolute atomic E-state index is 12.6. The molecular formula is C24H23N5O2S. The highest BCUT2D eigenvalue weighted by molar-refractivity contribution is 7.99. The number of thioether (sulfide) groups is 1. The van der Waals surface area contributed by atoms with Crippen molar-refractivity contribution in [3.63, 3.8) is 0 Å².